The fraction of sp³-hybridized carbons (Fsp3) is 0.394. The van der Waals surface area contributed by atoms with Crippen LogP contribution in [0.3, 0.4) is 0 Å². The van der Waals surface area contributed by atoms with E-state index in [-0.39, 0.29) is 48.8 Å². The Morgan fingerprint density at radius 2 is 1.79 bits per heavy atom. The lowest BCUT2D eigenvalue weighted by Gasteiger charge is -2.29. The van der Waals surface area contributed by atoms with E-state index >= 15 is 0 Å². The first kappa shape index (κ1) is 31.0. The largest absolute Gasteiger partial charge is 0.487 e. The predicted octanol–water partition coefficient (Wildman–Crippen LogP) is 6.04. The van der Waals surface area contributed by atoms with Gasteiger partial charge in [-0.15, -0.1) is 0 Å². The number of carbonyl (C=O) groups excluding carboxylic acids is 2. The number of aliphatic hydroxyl groups is 1. The van der Waals surface area contributed by atoms with Gasteiger partial charge in [-0.3, -0.25) is 4.79 Å². The highest BCUT2D eigenvalue weighted by Crippen LogP contribution is 2.43. The Morgan fingerprint density at radius 3 is 2.48 bits per heavy atom. The third-order valence-corrected chi connectivity index (χ3v) is 7.49. The van der Waals surface area contributed by atoms with Gasteiger partial charge in [0.25, 0.3) is 5.91 Å². The second-order valence-corrected chi connectivity index (χ2v) is 10.4. The van der Waals surface area contributed by atoms with Crippen LogP contribution in [-0.2, 0) is 20.8 Å². The summed E-state index contributed by atoms with van der Waals surface area (Å²) >= 11 is 0. The number of aryl methyl sites for hydroxylation is 1. The van der Waals surface area contributed by atoms with Gasteiger partial charge in [0.1, 0.15) is 23.7 Å². The molecule has 224 valence electrons. The highest BCUT2D eigenvalue weighted by Gasteiger charge is 2.33. The zero-order chi connectivity index (χ0) is 30.3. The van der Waals surface area contributed by atoms with E-state index in [0.29, 0.717) is 17.2 Å². The molecule has 0 fully saturated rings. The van der Waals surface area contributed by atoms with Gasteiger partial charge >= 0.3 is 5.97 Å². The molecule has 0 bridgehead atoms. The summed E-state index contributed by atoms with van der Waals surface area (Å²) in [6.45, 7) is 8.49. The van der Waals surface area contributed by atoms with Crippen molar-refractivity contribution in [3.8, 4) is 17.2 Å². The number of rotatable bonds is 13. The molecular formula is C33H39NO8. The van der Waals surface area contributed by atoms with Crippen molar-refractivity contribution in [1.82, 2.24) is 0 Å². The van der Waals surface area contributed by atoms with Gasteiger partial charge in [-0.2, -0.15) is 0 Å². The topological polar surface area (TPSA) is 104 Å². The van der Waals surface area contributed by atoms with Gasteiger partial charge in [-0.1, -0.05) is 44.2 Å². The van der Waals surface area contributed by atoms with Crippen molar-refractivity contribution in [3.05, 3.63) is 82.9 Å². The molecule has 0 saturated heterocycles. The summed E-state index contributed by atoms with van der Waals surface area (Å²) < 4.78 is 28.9. The zero-order valence-electron chi connectivity index (χ0n) is 24.8. The van der Waals surface area contributed by atoms with E-state index in [1.165, 1.54) is 12.0 Å². The van der Waals surface area contributed by atoms with Crippen LogP contribution in [0.2, 0.25) is 0 Å². The first-order valence-corrected chi connectivity index (χ1v) is 14.1. The third-order valence-electron chi connectivity index (χ3n) is 7.49. The van der Waals surface area contributed by atoms with E-state index in [4.69, 9.17) is 23.7 Å². The lowest BCUT2D eigenvalue weighted by molar-refractivity contribution is -0.127. The average Bonchev–Trinajstić information content (AvgIpc) is 3.11. The molecule has 9 heteroatoms. The molecule has 1 atom stereocenters. The molecule has 0 radical (unpaired) electrons. The summed E-state index contributed by atoms with van der Waals surface area (Å²) in [5.74, 6) is 0.0236. The van der Waals surface area contributed by atoms with Crippen LogP contribution in [0.25, 0.3) is 0 Å². The van der Waals surface area contributed by atoms with Gasteiger partial charge < -0.3 is 33.7 Å². The molecule has 1 amide bonds. The average molecular weight is 578 g/mol. The zero-order valence-corrected chi connectivity index (χ0v) is 24.8. The SMILES string of the molecule is CCC(C)(CC)OCCN1C(=O)c2c(OCC(O)OCc3ccccc3)cc(C)cc2Oc2ccc(C(=O)OC)cc21. The Bertz CT molecular complexity index is 1390. The number of nitrogens with zero attached hydrogens (tertiary/aromatic N) is 1. The maximum Gasteiger partial charge on any atom is 0.337 e. The van der Waals surface area contributed by atoms with Crippen LogP contribution in [0.1, 0.15) is 65.5 Å². The van der Waals surface area contributed by atoms with Gasteiger partial charge in [-0.05, 0) is 68.1 Å². The maximum absolute atomic E-state index is 14.2. The van der Waals surface area contributed by atoms with Crippen molar-refractivity contribution in [3.63, 3.8) is 0 Å². The number of fused-ring (bicyclic) bond motifs is 2. The summed E-state index contributed by atoms with van der Waals surface area (Å²) in [6, 6.07) is 17.8. The standard InChI is InChI=1S/C33H39NO8/c1-6-33(4,7-2)41-16-15-34-25-19-24(32(37)38-5)13-14-26(25)42-28-18-22(3)17-27(30(28)31(34)36)39-21-29(35)40-20-23-11-9-8-10-12-23/h8-14,17-19,29,35H,6-7,15-16,20-21H2,1-5H3. The van der Waals surface area contributed by atoms with Crippen molar-refractivity contribution in [2.45, 2.75) is 59.0 Å². The summed E-state index contributed by atoms with van der Waals surface area (Å²) in [4.78, 5) is 28.1. The molecule has 1 heterocycles. The van der Waals surface area contributed by atoms with Crippen molar-refractivity contribution in [2.75, 3.05) is 31.8 Å². The van der Waals surface area contributed by atoms with Crippen LogP contribution in [0, 0.1) is 6.92 Å². The first-order chi connectivity index (χ1) is 20.2. The number of ether oxygens (including phenoxy) is 5. The van der Waals surface area contributed by atoms with Crippen molar-refractivity contribution < 1.29 is 38.4 Å². The fourth-order valence-electron chi connectivity index (χ4n) is 4.58. The molecule has 1 aliphatic heterocycles. The summed E-state index contributed by atoms with van der Waals surface area (Å²) in [6.07, 6.45) is 0.407. The number of hydrogen-bond donors (Lipinski definition) is 1. The number of methoxy groups -OCH3 is 1. The lowest BCUT2D eigenvalue weighted by Crippen LogP contribution is -2.37. The minimum Gasteiger partial charge on any atom is -0.487 e. The van der Waals surface area contributed by atoms with E-state index < -0.39 is 18.2 Å². The Morgan fingerprint density at radius 1 is 1.05 bits per heavy atom. The minimum atomic E-state index is -1.23. The normalized spacial score (nSPS) is 13.5. The van der Waals surface area contributed by atoms with E-state index in [9.17, 15) is 14.7 Å². The smallest absolute Gasteiger partial charge is 0.337 e. The van der Waals surface area contributed by atoms with Crippen LogP contribution in [0.15, 0.2) is 60.7 Å². The van der Waals surface area contributed by atoms with Crippen LogP contribution >= 0.6 is 0 Å². The monoisotopic (exact) mass is 577 g/mol. The van der Waals surface area contributed by atoms with Crippen molar-refractivity contribution in [1.29, 1.82) is 0 Å². The predicted molar refractivity (Wildman–Crippen MR) is 158 cm³/mol. The van der Waals surface area contributed by atoms with Gasteiger partial charge in [0.05, 0.1) is 37.2 Å². The quantitative estimate of drug-likeness (QED) is 0.194. The first-order valence-electron chi connectivity index (χ1n) is 14.1. The molecule has 0 aromatic heterocycles. The van der Waals surface area contributed by atoms with E-state index in [1.54, 1.807) is 30.3 Å². The summed E-state index contributed by atoms with van der Waals surface area (Å²) in [5.41, 5.74) is 2.26. The second-order valence-electron chi connectivity index (χ2n) is 10.4. The van der Waals surface area contributed by atoms with Crippen LogP contribution < -0.4 is 14.4 Å². The molecule has 0 aliphatic carbocycles. The van der Waals surface area contributed by atoms with Crippen molar-refractivity contribution in [2.24, 2.45) is 0 Å². The molecule has 0 spiro atoms. The van der Waals surface area contributed by atoms with Crippen LogP contribution in [0.4, 0.5) is 5.69 Å². The number of carbonyl (C=O) groups is 2. The van der Waals surface area contributed by atoms with Gasteiger partial charge in [0, 0.05) is 6.54 Å². The molecule has 4 rings (SSSR count). The minimum absolute atomic E-state index is 0.195. The van der Waals surface area contributed by atoms with Crippen LogP contribution in [-0.4, -0.2) is 55.7 Å². The van der Waals surface area contributed by atoms with Crippen LogP contribution in [0.5, 0.6) is 17.2 Å². The molecule has 9 nitrogen and oxygen atoms in total. The van der Waals surface area contributed by atoms with Crippen molar-refractivity contribution >= 4 is 17.6 Å². The maximum atomic E-state index is 14.2. The van der Waals surface area contributed by atoms with Gasteiger partial charge in [-0.25, -0.2) is 4.79 Å². The lowest BCUT2D eigenvalue weighted by atomic mass is 10.0. The number of esters is 1. The molecular weight excluding hydrogens is 538 g/mol. The third kappa shape index (κ3) is 7.28. The Kier molecular flexibility index (Phi) is 10.2. The molecule has 1 unspecified atom stereocenters. The van der Waals surface area contributed by atoms with E-state index in [0.717, 1.165) is 24.0 Å². The Labute approximate surface area is 246 Å². The molecule has 1 N–H and O–H groups in total. The molecule has 0 saturated carbocycles. The Hall–Kier alpha value is -3.92. The molecule has 42 heavy (non-hydrogen) atoms. The summed E-state index contributed by atoms with van der Waals surface area (Å²) in [7, 11) is 1.30. The number of benzene rings is 3. The van der Waals surface area contributed by atoms with Gasteiger partial charge in [0.2, 0.25) is 0 Å². The number of amides is 1. The number of anilines is 1. The van der Waals surface area contributed by atoms with Gasteiger partial charge in [0.15, 0.2) is 12.0 Å². The molecule has 1 aliphatic rings. The number of aliphatic hydroxyl groups excluding tert-OH is 1. The molecule has 3 aromatic carbocycles. The second kappa shape index (κ2) is 13.8. The molecule has 3 aromatic rings. The highest BCUT2D eigenvalue weighted by molar-refractivity contribution is 6.12. The fourth-order valence-corrected chi connectivity index (χ4v) is 4.58. The van der Waals surface area contributed by atoms with E-state index in [1.807, 2.05) is 44.2 Å². The summed E-state index contributed by atoms with van der Waals surface area (Å²) in [5, 5.41) is 10.5. The van der Waals surface area contributed by atoms with E-state index in [2.05, 4.69) is 13.8 Å². The Balaban J connectivity index is 1.63. The number of hydrogen-bond acceptors (Lipinski definition) is 8. The highest BCUT2D eigenvalue weighted by atomic mass is 16.6.